The van der Waals surface area contributed by atoms with E-state index in [1.807, 2.05) is 18.2 Å². The summed E-state index contributed by atoms with van der Waals surface area (Å²) in [6.07, 6.45) is 0. The van der Waals surface area contributed by atoms with Gasteiger partial charge in [-0.1, -0.05) is 42.5 Å². The number of hydrogen-bond acceptors (Lipinski definition) is 9. The molecule has 0 aromatic heterocycles. The number of carbonyl (C=O) groups excluding carboxylic acids is 2. The molecule has 2 aromatic rings. The van der Waals surface area contributed by atoms with Crippen molar-refractivity contribution in [3.8, 4) is 0 Å². The Kier molecular flexibility index (Phi) is 9.11. The van der Waals surface area contributed by atoms with Crippen LogP contribution in [0.5, 0.6) is 0 Å². The van der Waals surface area contributed by atoms with Gasteiger partial charge < -0.3 is 20.1 Å². The number of esters is 2. The van der Waals surface area contributed by atoms with Crippen LogP contribution in [0.25, 0.3) is 0 Å². The molecule has 2 aliphatic heterocycles. The maximum atomic E-state index is 13.6. The first-order chi connectivity index (χ1) is 18.8. The molecule has 1 fully saturated rings. The van der Waals surface area contributed by atoms with Crippen LogP contribution in [0.1, 0.15) is 43.9 Å². The quantitative estimate of drug-likeness (QED) is 0.282. The van der Waals surface area contributed by atoms with Crippen molar-refractivity contribution in [2.75, 3.05) is 39.4 Å². The smallest absolute Gasteiger partial charge is 0.336 e. The van der Waals surface area contributed by atoms with Crippen LogP contribution in [0.4, 0.5) is 5.69 Å². The van der Waals surface area contributed by atoms with Crippen molar-refractivity contribution in [1.29, 1.82) is 0 Å². The molecule has 2 aromatic carbocycles. The highest BCUT2D eigenvalue weighted by atomic mass is 16.6. The number of dihydropyridines is 1. The molecule has 4 rings (SSSR count). The third-order valence-electron chi connectivity index (χ3n) is 7.06. The molecule has 39 heavy (non-hydrogen) atoms. The average molecular weight is 535 g/mol. The molecule has 2 heterocycles. The van der Waals surface area contributed by atoms with E-state index in [2.05, 4.69) is 27.7 Å². The number of nitro benzene ring substituents is 1. The molecule has 1 saturated heterocycles. The normalized spacial score (nSPS) is 19.9. The maximum Gasteiger partial charge on any atom is 0.336 e. The van der Waals surface area contributed by atoms with Crippen molar-refractivity contribution in [3.05, 3.63) is 98.4 Å². The summed E-state index contributed by atoms with van der Waals surface area (Å²) in [4.78, 5) is 39.6. The molecule has 0 bridgehead atoms. The van der Waals surface area contributed by atoms with E-state index in [1.165, 1.54) is 17.7 Å². The molecule has 0 aliphatic carbocycles. The van der Waals surface area contributed by atoms with Crippen molar-refractivity contribution in [1.82, 2.24) is 15.5 Å². The monoisotopic (exact) mass is 534 g/mol. The summed E-state index contributed by atoms with van der Waals surface area (Å²) in [5.74, 6) is -1.91. The van der Waals surface area contributed by atoms with E-state index in [9.17, 15) is 19.7 Å². The van der Waals surface area contributed by atoms with Crippen molar-refractivity contribution >= 4 is 17.6 Å². The molecule has 10 nitrogen and oxygen atoms in total. The van der Waals surface area contributed by atoms with Gasteiger partial charge in [-0.3, -0.25) is 15.0 Å². The van der Waals surface area contributed by atoms with Gasteiger partial charge in [0, 0.05) is 55.7 Å². The topological polar surface area (TPSA) is 123 Å². The van der Waals surface area contributed by atoms with E-state index in [0.717, 1.165) is 19.6 Å². The fourth-order valence-corrected chi connectivity index (χ4v) is 5.22. The number of nitrogens with zero attached hydrogens (tertiary/aromatic N) is 2. The van der Waals surface area contributed by atoms with E-state index in [1.54, 1.807) is 32.9 Å². The van der Waals surface area contributed by atoms with Gasteiger partial charge in [-0.05, 0) is 31.9 Å². The van der Waals surface area contributed by atoms with Crippen molar-refractivity contribution in [2.24, 2.45) is 0 Å². The van der Waals surface area contributed by atoms with E-state index >= 15 is 0 Å². The molecule has 2 atom stereocenters. The van der Waals surface area contributed by atoms with Crippen molar-refractivity contribution < 1.29 is 24.0 Å². The van der Waals surface area contributed by atoms with Gasteiger partial charge in [0.25, 0.3) is 5.69 Å². The molecule has 0 amide bonds. The Labute approximate surface area is 227 Å². The number of nitrogens with one attached hydrogen (secondary N) is 2. The fourth-order valence-electron chi connectivity index (χ4n) is 5.22. The Morgan fingerprint density at radius 2 is 1.62 bits per heavy atom. The summed E-state index contributed by atoms with van der Waals surface area (Å²) in [6, 6.07) is 16.2. The Bertz CT molecular complexity index is 1270. The number of allylic oxidation sites excluding steroid dienone is 2. The molecule has 2 unspecified atom stereocenters. The number of ether oxygens (including phenoxy) is 2. The highest BCUT2D eigenvalue weighted by molar-refractivity contribution is 5.99. The molecule has 0 spiro atoms. The van der Waals surface area contributed by atoms with Crippen molar-refractivity contribution in [3.63, 3.8) is 0 Å². The second-order valence-corrected chi connectivity index (χ2v) is 9.51. The maximum absolute atomic E-state index is 13.6. The number of rotatable bonds is 9. The van der Waals surface area contributed by atoms with Gasteiger partial charge in [-0.15, -0.1) is 0 Å². The third kappa shape index (κ3) is 6.35. The molecule has 0 saturated carbocycles. The number of non-ortho nitro benzene ring substituents is 1. The second-order valence-electron chi connectivity index (χ2n) is 9.51. The van der Waals surface area contributed by atoms with Crippen LogP contribution in [0.3, 0.4) is 0 Å². The molecule has 206 valence electrons. The number of piperazine rings is 1. The van der Waals surface area contributed by atoms with Crippen molar-refractivity contribution in [2.45, 2.75) is 32.7 Å². The predicted molar refractivity (Wildman–Crippen MR) is 146 cm³/mol. The van der Waals surface area contributed by atoms with E-state index in [0.29, 0.717) is 23.5 Å². The summed E-state index contributed by atoms with van der Waals surface area (Å²) in [7, 11) is 0. The Morgan fingerprint density at radius 3 is 2.23 bits per heavy atom. The van der Waals surface area contributed by atoms with Gasteiger partial charge in [0.2, 0.25) is 0 Å². The minimum Gasteiger partial charge on any atom is -0.463 e. The lowest BCUT2D eigenvalue weighted by Gasteiger charge is -2.36. The highest BCUT2D eigenvalue weighted by Gasteiger charge is 2.38. The number of carbonyl (C=O) groups is 2. The summed E-state index contributed by atoms with van der Waals surface area (Å²) in [5.41, 5.74) is 3.33. The average Bonchev–Trinajstić information content (AvgIpc) is 2.93. The van der Waals surface area contributed by atoms with Gasteiger partial charge in [0.05, 0.1) is 28.6 Å². The molecular formula is C29H34N4O6. The Balaban J connectivity index is 1.56. The number of nitro groups is 1. The summed E-state index contributed by atoms with van der Waals surface area (Å²) in [6.45, 7) is 8.56. The second kappa shape index (κ2) is 12.7. The zero-order valence-corrected chi connectivity index (χ0v) is 22.4. The molecule has 0 radical (unpaired) electrons. The van der Waals surface area contributed by atoms with Crippen LogP contribution in [0, 0.1) is 10.1 Å². The number of benzene rings is 2. The standard InChI is InChI=1S/C29H34N4O6/c1-4-38-28(34)25-19(2)31-20(3)26(27(25)22-10-12-23(13-11-22)33(36)37)29(35)39-17-16-32-15-14-30-18-24(32)21-8-6-5-7-9-21/h5-13,24,27,30-31H,4,14-18H2,1-3H3. The first-order valence-corrected chi connectivity index (χ1v) is 13.1. The zero-order valence-electron chi connectivity index (χ0n) is 22.4. The number of hydrogen-bond donors (Lipinski definition) is 2. The van der Waals surface area contributed by atoms with E-state index in [-0.39, 0.29) is 36.1 Å². The lowest BCUT2D eigenvalue weighted by Crippen LogP contribution is -2.47. The Hall–Kier alpha value is -4.02. The largest absolute Gasteiger partial charge is 0.463 e. The molecular weight excluding hydrogens is 500 g/mol. The lowest BCUT2D eigenvalue weighted by molar-refractivity contribution is -0.384. The molecule has 2 N–H and O–H groups in total. The Morgan fingerprint density at radius 1 is 0.974 bits per heavy atom. The van der Waals surface area contributed by atoms with Crippen LogP contribution in [0.15, 0.2) is 77.1 Å². The zero-order chi connectivity index (χ0) is 27.9. The minimum absolute atomic E-state index is 0.0834. The van der Waals surface area contributed by atoms with Crippen LogP contribution in [-0.4, -0.2) is 61.2 Å². The molecule has 10 heteroatoms. The predicted octanol–water partition coefficient (Wildman–Crippen LogP) is 3.58. The lowest BCUT2D eigenvalue weighted by atomic mass is 9.80. The van der Waals surface area contributed by atoms with Crippen LogP contribution >= 0.6 is 0 Å². The van der Waals surface area contributed by atoms with Crippen LogP contribution < -0.4 is 10.6 Å². The molecule has 2 aliphatic rings. The van der Waals surface area contributed by atoms with E-state index < -0.39 is 22.8 Å². The van der Waals surface area contributed by atoms with Gasteiger partial charge in [-0.2, -0.15) is 0 Å². The summed E-state index contributed by atoms with van der Waals surface area (Å²) >= 11 is 0. The van der Waals surface area contributed by atoms with Crippen LogP contribution in [0.2, 0.25) is 0 Å². The minimum atomic E-state index is -0.796. The SMILES string of the molecule is CCOC(=O)C1=C(C)NC(C)=C(C(=O)OCCN2CCNCC2c2ccccc2)C1c1ccc([N+](=O)[O-])cc1. The van der Waals surface area contributed by atoms with Crippen LogP contribution in [-0.2, 0) is 19.1 Å². The summed E-state index contributed by atoms with van der Waals surface area (Å²) in [5, 5.41) is 17.8. The summed E-state index contributed by atoms with van der Waals surface area (Å²) < 4.78 is 11.1. The van der Waals surface area contributed by atoms with Gasteiger partial charge in [0.15, 0.2) is 0 Å². The van der Waals surface area contributed by atoms with Gasteiger partial charge in [0.1, 0.15) is 6.61 Å². The first-order valence-electron chi connectivity index (χ1n) is 13.1. The highest BCUT2D eigenvalue weighted by Crippen LogP contribution is 2.39. The fraction of sp³-hybridized carbons (Fsp3) is 0.379. The third-order valence-corrected chi connectivity index (χ3v) is 7.06. The van der Waals surface area contributed by atoms with Gasteiger partial charge >= 0.3 is 11.9 Å². The van der Waals surface area contributed by atoms with E-state index in [4.69, 9.17) is 9.47 Å². The van der Waals surface area contributed by atoms with Gasteiger partial charge in [-0.25, -0.2) is 9.59 Å². The first kappa shape index (κ1) is 28.0.